The van der Waals surface area contributed by atoms with Crippen LogP contribution in [0, 0.1) is 0 Å². The molecule has 0 bridgehead atoms. The van der Waals surface area contributed by atoms with Crippen molar-refractivity contribution in [3.8, 4) is 0 Å². The van der Waals surface area contributed by atoms with Crippen LogP contribution in [0.2, 0.25) is 0 Å². The van der Waals surface area contributed by atoms with Crippen LogP contribution in [0.1, 0.15) is 47.0 Å². The number of hydrogen-bond donors (Lipinski definition) is 1. The van der Waals surface area contributed by atoms with Crippen molar-refractivity contribution in [2.45, 2.75) is 52.5 Å². The number of hydrogen-bond acceptors (Lipinski definition) is 1. The number of allylic oxidation sites excluding steroid dienone is 1. The van der Waals surface area contributed by atoms with E-state index in [1.54, 1.807) is 0 Å². The van der Waals surface area contributed by atoms with Crippen LogP contribution in [0.5, 0.6) is 0 Å². The number of rotatable bonds is 5. The van der Waals surface area contributed by atoms with Gasteiger partial charge in [-0.25, -0.2) is 0 Å². The standard InChI is InChI=1S/C10H21N/c1-5-9-11-10(6-2,7-3)8-4/h5,9,11H,6-8H2,1-4H3/b9-5+. The highest BCUT2D eigenvalue weighted by Gasteiger charge is 2.20. The van der Waals surface area contributed by atoms with Gasteiger partial charge in [0.05, 0.1) is 0 Å². The van der Waals surface area contributed by atoms with Crippen molar-refractivity contribution in [1.29, 1.82) is 0 Å². The highest BCUT2D eigenvalue weighted by Crippen LogP contribution is 2.18. The lowest BCUT2D eigenvalue weighted by Gasteiger charge is -2.31. The van der Waals surface area contributed by atoms with Crippen molar-refractivity contribution >= 4 is 0 Å². The predicted octanol–water partition coefficient (Wildman–Crippen LogP) is 3.08. The van der Waals surface area contributed by atoms with Gasteiger partial charge in [-0.15, -0.1) is 0 Å². The van der Waals surface area contributed by atoms with E-state index in [0.717, 1.165) is 0 Å². The van der Waals surface area contributed by atoms with Gasteiger partial charge in [0.1, 0.15) is 0 Å². The third-order valence-electron chi connectivity index (χ3n) is 2.59. The van der Waals surface area contributed by atoms with E-state index in [0.29, 0.717) is 5.54 Å². The molecule has 0 aliphatic rings. The van der Waals surface area contributed by atoms with Crippen LogP contribution in [0.15, 0.2) is 12.3 Å². The maximum absolute atomic E-state index is 3.45. The molecule has 0 saturated carbocycles. The van der Waals surface area contributed by atoms with E-state index in [9.17, 15) is 0 Å². The van der Waals surface area contributed by atoms with Crippen LogP contribution in [-0.4, -0.2) is 5.54 Å². The number of nitrogens with one attached hydrogen (secondary N) is 1. The van der Waals surface area contributed by atoms with Gasteiger partial charge in [0.2, 0.25) is 0 Å². The Labute approximate surface area is 70.9 Å². The lowest BCUT2D eigenvalue weighted by atomic mass is 9.90. The lowest BCUT2D eigenvalue weighted by molar-refractivity contribution is 0.327. The fourth-order valence-electron chi connectivity index (χ4n) is 1.32. The molecule has 0 aromatic carbocycles. The maximum atomic E-state index is 3.45. The van der Waals surface area contributed by atoms with Crippen molar-refractivity contribution in [1.82, 2.24) is 5.32 Å². The molecule has 11 heavy (non-hydrogen) atoms. The summed E-state index contributed by atoms with van der Waals surface area (Å²) in [5.74, 6) is 0. The summed E-state index contributed by atoms with van der Waals surface area (Å²) in [5.41, 5.74) is 0.340. The highest BCUT2D eigenvalue weighted by atomic mass is 14.9. The van der Waals surface area contributed by atoms with Crippen molar-refractivity contribution < 1.29 is 0 Å². The minimum atomic E-state index is 0.340. The molecule has 0 unspecified atom stereocenters. The molecule has 0 saturated heterocycles. The zero-order chi connectivity index (χ0) is 8.74. The van der Waals surface area contributed by atoms with Gasteiger partial charge in [-0.05, 0) is 32.4 Å². The summed E-state index contributed by atoms with van der Waals surface area (Å²) in [6.07, 6.45) is 7.70. The van der Waals surface area contributed by atoms with E-state index >= 15 is 0 Å². The van der Waals surface area contributed by atoms with Crippen LogP contribution in [-0.2, 0) is 0 Å². The van der Waals surface area contributed by atoms with Crippen LogP contribution < -0.4 is 5.32 Å². The largest absolute Gasteiger partial charge is 0.386 e. The molecule has 0 atom stereocenters. The van der Waals surface area contributed by atoms with Crippen LogP contribution >= 0.6 is 0 Å². The van der Waals surface area contributed by atoms with Gasteiger partial charge >= 0.3 is 0 Å². The Morgan fingerprint density at radius 3 is 1.82 bits per heavy atom. The fourth-order valence-corrected chi connectivity index (χ4v) is 1.32. The second-order valence-electron chi connectivity index (χ2n) is 2.99. The molecule has 0 spiro atoms. The fraction of sp³-hybridized carbons (Fsp3) is 0.800. The Morgan fingerprint density at radius 1 is 1.09 bits per heavy atom. The average molecular weight is 155 g/mol. The van der Waals surface area contributed by atoms with Crippen molar-refractivity contribution in [2.24, 2.45) is 0 Å². The summed E-state index contributed by atoms with van der Waals surface area (Å²) in [4.78, 5) is 0. The Bertz CT molecular complexity index is 104. The topological polar surface area (TPSA) is 12.0 Å². The van der Waals surface area contributed by atoms with Gasteiger partial charge in [-0.1, -0.05) is 26.8 Å². The summed E-state index contributed by atoms with van der Waals surface area (Å²) in [6.45, 7) is 8.76. The Hall–Kier alpha value is -0.460. The second-order valence-corrected chi connectivity index (χ2v) is 2.99. The first-order valence-electron chi connectivity index (χ1n) is 4.63. The molecular weight excluding hydrogens is 134 g/mol. The summed E-state index contributed by atoms with van der Waals surface area (Å²) in [7, 11) is 0. The molecule has 0 aliphatic heterocycles. The van der Waals surface area contributed by atoms with Crippen LogP contribution in [0.3, 0.4) is 0 Å². The molecule has 0 fully saturated rings. The summed E-state index contributed by atoms with van der Waals surface area (Å²) in [5, 5.41) is 3.45. The van der Waals surface area contributed by atoms with Gasteiger partial charge in [0.15, 0.2) is 0 Å². The molecule has 0 aromatic heterocycles. The summed E-state index contributed by atoms with van der Waals surface area (Å²) < 4.78 is 0. The molecule has 66 valence electrons. The van der Waals surface area contributed by atoms with Gasteiger partial charge in [-0.2, -0.15) is 0 Å². The van der Waals surface area contributed by atoms with E-state index in [1.165, 1.54) is 19.3 Å². The highest BCUT2D eigenvalue weighted by molar-refractivity contribution is 4.90. The Morgan fingerprint density at radius 2 is 1.55 bits per heavy atom. The van der Waals surface area contributed by atoms with E-state index in [2.05, 4.69) is 38.4 Å². The molecule has 0 rings (SSSR count). The normalized spacial score (nSPS) is 12.4. The maximum Gasteiger partial charge on any atom is 0.0360 e. The summed E-state index contributed by atoms with van der Waals surface area (Å²) >= 11 is 0. The predicted molar refractivity (Wildman–Crippen MR) is 51.6 cm³/mol. The first kappa shape index (κ1) is 10.5. The van der Waals surface area contributed by atoms with Crippen molar-refractivity contribution in [3.05, 3.63) is 12.3 Å². The van der Waals surface area contributed by atoms with Crippen LogP contribution in [0.25, 0.3) is 0 Å². The lowest BCUT2D eigenvalue weighted by Crippen LogP contribution is -2.40. The molecule has 0 aliphatic carbocycles. The smallest absolute Gasteiger partial charge is 0.0360 e. The molecule has 0 amide bonds. The van der Waals surface area contributed by atoms with Crippen molar-refractivity contribution in [2.75, 3.05) is 0 Å². The molecular formula is C10H21N. The molecule has 0 radical (unpaired) electrons. The monoisotopic (exact) mass is 155 g/mol. The Balaban J connectivity index is 4.04. The van der Waals surface area contributed by atoms with E-state index in [1.807, 2.05) is 6.92 Å². The minimum Gasteiger partial charge on any atom is -0.386 e. The SMILES string of the molecule is C/C=C/NC(CC)(CC)CC. The molecule has 1 heteroatoms. The molecule has 0 aromatic rings. The molecule has 0 heterocycles. The zero-order valence-electron chi connectivity index (χ0n) is 8.28. The van der Waals surface area contributed by atoms with Gasteiger partial charge in [0.25, 0.3) is 0 Å². The Kier molecular flexibility index (Phi) is 5.01. The molecule has 1 nitrogen and oxygen atoms in total. The molecule has 1 N–H and O–H groups in total. The first-order chi connectivity index (χ1) is 5.24. The second kappa shape index (κ2) is 5.22. The third kappa shape index (κ3) is 2.96. The van der Waals surface area contributed by atoms with E-state index in [-0.39, 0.29) is 0 Å². The van der Waals surface area contributed by atoms with E-state index < -0.39 is 0 Å². The van der Waals surface area contributed by atoms with Crippen LogP contribution in [0.4, 0.5) is 0 Å². The summed E-state index contributed by atoms with van der Waals surface area (Å²) in [6, 6.07) is 0. The third-order valence-corrected chi connectivity index (χ3v) is 2.59. The van der Waals surface area contributed by atoms with Crippen molar-refractivity contribution in [3.63, 3.8) is 0 Å². The van der Waals surface area contributed by atoms with Gasteiger partial charge < -0.3 is 5.32 Å². The minimum absolute atomic E-state index is 0.340. The van der Waals surface area contributed by atoms with E-state index in [4.69, 9.17) is 0 Å². The zero-order valence-corrected chi connectivity index (χ0v) is 8.28. The first-order valence-corrected chi connectivity index (χ1v) is 4.63. The van der Waals surface area contributed by atoms with Gasteiger partial charge in [0, 0.05) is 5.54 Å². The average Bonchev–Trinajstić information content (AvgIpc) is 2.08. The quantitative estimate of drug-likeness (QED) is 0.643. The van der Waals surface area contributed by atoms with Gasteiger partial charge in [-0.3, -0.25) is 0 Å².